The first kappa shape index (κ1) is 29.9. The smallest absolute Gasteiger partial charge is 0.336 e. The molecular weight excluding hydrogens is 536 g/mol. The minimum absolute atomic E-state index is 0.161. The average molecular weight is 571 g/mol. The predicted octanol–water partition coefficient (Wildman–Crippen LogP) is 5.77. The Morgan fingerprint density at radius 2 is 1.64 bits per heavy atom. The van der Waals surface area contributed by atoms with Crippen molar-refractivity contribution in [1.29, 1.82) is 0 Å². The second kappa shape index (κ2) is 13.5. The molecule has 1 aliphatic heterocycles. The molecule has 1 saturated heterocycles. The highest BCUT2D eigenvalue weighted by molar-refractivity contribution is 6.39. The Labute approximate surface area is 245 Å². The molecule has 0 bridgehead atoms. The van der Waals surface area contributed by atoms with Crippen LogP contribution < -0.4 is 29.2 Å². The first-order chi connectivity index (χ1) is 20.3. The molecule has 0 spiro atoms. The van der Waals surface area contributed by atoms with Gasteiger partial charge in [0, 0.05) is 11.6 Å². The highest BCUT2D eigenvalue weighted by atomic mass is 16.5. The Morgan fingerprint density at radius 1 is 0.905 bits per heavy atom. The fourth-order valence-corrected chi connectivity index (χ4v) is 4.48. The summed E-state index contributed by atoms with van der Waals surface area (Å²) < 4.78 is 23.0. The standard InChI is InChI=1S/C33H34N2O7/c1-6-9-24-16-23(18-29(39-5)30(24)42-20-22-12-10-21(4)11-13-22)17-26-31(36)34-33(38)35(32(26)37)27-19-25(40-7-2)14-15-28(27)41-8-3/h6,10-19H,1,7-9,20H2,2-5H3,(H,34,36,38)/b26-17+. The molecule has 4 rings (SSSR count). The summed E-state index contributed by atoms with van der Waals surface area (Å²) in [6.07, 6.45) is 3.59. The molecule has 3 aromatic rings. The van der Waals surface area contributed by atoms with E-state index in [1.165, 1.54) is 19.3 Å². The van der Waals surface area contributed by atoms with E-state index in [1.807, 2.05) is 38.1 Å². The van der Waals surface area contributed by atoms with Crippen LogP contribution in [-0.2, 0) is 22.6 Å². The molecule has 218 valence electrons. The van der Waals surface area contributed by atoms with Gasteiger partial charge in [-0.3, -0.25) is 14.9 Å². The molecule has 1 fully saturated rings. The van der Waals surface area contributed by atoms with E-state index in [0.717, 1.165) is 21.6 Å². The highest BCUT2D eigenvalue weighted by Crippen LogP contribution is 2.37. The second-order valence-electron chi connectivity index (χ2n) is 9.43. The molecule has 0 unspecified atom stereocenters. The molecule has 0 aromatic heterocycles. The summed E-state index contributed by atoms with van der Waals surface area (Å²) in [6.45, 7) is 10.5. The molecule has 0 aliphatic carbocycles. The number of hydrogen-bond donors (Lipinski definition) is 1. The van der Waals surface area contributed by atoms with Crippen molar-refractivity contribution in [3.05, 3.63) is 95.1 Å². The van der Waals surface area contributed by atoms with Crippen molar-refractivity contribution in [2.45, 2.75) is 33.8 Å². The number of methoxy groups -OCH3 is 1. The Morgan fingerprint density at radius 3 is 2.31 bits per heavy atom. The predicted molar refractivity (Wildman–Crippen MR) is 160 cm³/mol. The van der Waals surface area contributed by atoms with Crippen LogP contribution in [0.25, 0.3) is 6.08 Å². The summed E-state index contributed by atoms with van der Waals surface area (Å²) in [6, 6.07) is 15.4. The lowest BCUT2D eigenvalue weighted by Gasteiger charge is -2.28. The summed E-state index contributed by atoms with van der Waals surface area (Å²) in [7, 11) is 1.52. The van der Waals surface area contributed by atoms with Crippen LogP contribution in [0.1, 0.15) is 36.1 Å². The maximum Gasteiger partial charge on any atom is 0.336 e. The van der Waals surface area contributed by atoms with Gasteiger partial charge in [-0.15, -0.1) is 6.58 Å². The fraction of sp³-hybridized carbons (Fsp3) is 0.242. The first-order valence-corrected chi connectivity index (χ1v) is 13.6. The number of nitrogens with zero attached hydrogens (tertiary/aromatic N) is 1. The third-order valence-corrected chi connectivity index (χ3v) is 6.44. The molecule has 1 aliphatic rings. The van der Waals surface area contributed by atoms with E-state index in [9.17, 15) is 14.4 Å². The minimum atomic E-state index is -0.887. The molecule has 1 heterocycles. The summed E-state index contributed by atoms with van der Waals surface area (Å²) in [5.74, 6) is 0.0759. The van der Waals surface area contributed by atoms with Crippen LogP contribution in [0.4, 0.5) is 10.5 Å². The van der Waals surface area contributed by atoms with E-state index in [1.54, 1.807) is 37.3 Å². The SMILES string of the molecule is C=CCc1cc(/C=C2\C(=O)NC(=O)N(c3cc(OCC)ccc3OCC)C2=O)cc(OC)c1OCc1ccc(C)cc1. The average Bonchev–Trinajstić information content (AvgIpc) is 2.97. The number of anilines is 1. The monoisotopic (exact) mass is 570 g/mol. The number of carbonyl (C=O) groups excluding carboxylic acids is 3. The van der Waals surface area contributed by atoms with Gasteiger partial charge in [-0.25, -0.2) is 9.69 Å². The Bertz CT molecular complexity index is 1530. The quantitative estimate of drug-likeness (QED) is 0.167. The van der Waals surface area contributed by atoms with Crippen molar-refractivity contribution < 1.29 is 33.3 Å². The van der Waals surface area contributed by atoms with Gasteiger partial charge in [-0.1, -0.05) is 35.9 Å². The maximum atomic E-state index is 13.7. The number of amides is 4. The zero-order chi connectivity index (χ0) is 30.2. The summed E-state index contributed by atoms with van der Waals surface area (Å²) in [4.78, 5) is 40.4. The number of hydrogen-bond acceptors (Lipinski definition) is 7. The van der Waals surface area contributed by atoms with Crippen LogP contribution in [0.5, 0.6) is 23.0 Å². The Balaban J connectivity index is 1.72. The third kappa shape index (κ3) is 6.63. The lowest BCUT2D eigenvalue weighted by Crippen LogP contribution is -2.54. The molecule has 9 nitrogen and oxygen atoms in total. The van der Waals surface area contributed by atoms with Gasteiger partial charge in [0.1, 0.15) is 23.7 Å². The number of carbonyl (C=O) groups is 3. The molecular formula is C33H34N2O7. The zero-order valence-electron chi connectivity index (χ0n) is 24.2. The van der Waals surface area contributed by atoms with E-state index in [4.69, 9.17) is 18.9 Å². The molecule has 1 N–H and O–H groups in total. The third-order valence-electron chi connectivity index (χ3n) is 6.44. The van der Waals surface area contributed by atoms with Crippen LogP contribution in [0.3, 0.4) is 0 Å². The summed E-state index contributed by atoms with van der Waals surface area (Å²) in [5, 5.41) is 2.26. The lowest BCUT2D eigenvalue weighted by atomic mass is 10.0. The van der Waals surface area contributed by atoms with Crippen molar-refractivity contribution in [2.24, 2.45) is 0 Å². The van der Waals surface area contributed by atoms with Gasteiger partial charge in [0.2, 0.25) is 0 Å². The number of nitrogens with one attached hydrogen (secondary N) is 1. The highest BCUT2D eigenvalue weighted by Gasteiger charge is 2.38. The van der Waals surface area contributed by atoms with Crippen molar-refractivity contribution in [2.75, 3.05) is 25.2 Å². The molecule has 4 amide bonds. The number of ether oxygens (including phenoxy) is 4. The van der Waals surface area contributed by atoms with E-state index in [-0.39, 0.29) is 11.3 Å². The van der Waals surface area contributed by atoms with Crippen molar-refractivity contribution in [3.8, 4) is 23.0 Å². The zero-order valence-corrected chi connectivity index (χ0v) is 24.2. The lowest BCUT2D eigenvalue weighted by molar-refractivity contribution is -0.122. The largest absolute Gasteiger partial charge is 0.494 e. The minimum Gasteiger partial charge on any atom is -0.494 e. The van der Waals surface area contributed by atoms with E-state index < -0.39 is 17.8 Å². The summed E-state index contributed by atoms with van der Waals surface area (Å²) in [5.41, 5.74) is 3.33. The Hall–Kier alpha value is -5.05. The number of imide groups is 2. The van der Waals surface area contributed by atoms with Crippen LogP contribution in [0.15, 0.2) is 72.8 Å². The molecule has 3 aromatic carbocycles. The number of urea groups is 1. The van der Waals surface area contributed by atoms with Gasteiger partial charge in [0.25, 0.3) is 11.8 Å². The van der Waals surface area contributed by atoms with Gasteiger partial charge in [-0.05, 0) is 68.7 Å². The van der Waals surface area contributed by atoms with E-state index >= 15 is 0 Å². The van der Waals surface area contributed by atoms with Gasteiger partial charge in [0.15, 0.2) is 11.5 Å². The molecule has 0 saturated carbocycles. The van der Waals surface area contributed by atoms with Crippen LogP contribution in [-0.4, -0.2) is 38.2 Å². The van der Waals surface area contributed by atoms with E-state index in [2.05, 4.69) is 11.9 Å². The van der Waals surface area contributed by atoms with Gasteiger partial charge in [-0.2, -0.15) is 0 Å². The molecule has 0 radical (unpaired) electrons. The Kier molecular flexibility index (Phi) is 9.65. The second-order valence-corrected chi connectivity index (χ2v) is 9.43. The first-order valence-electron chi connectivity index (χ1n) is 13.6. The maximum absolute atomic E-state index is 13.7. The van der Waals surface area contributed by atoms with Crippen molar-refractivity contribution in [1.82, 2.24) is 5.32 Å². The summed E-state index contributed by atoms with van der Waals surface area (Å²) >= 11 is 0. The number of rotatable bonds is 12. The van der Waals surface area contributed by atoms with Crippen molar-refractivity contribution >= 4 is 29.6 Å². The van der Waals surface area contributed by atoms with Crippen LogP contribution >= 0.6 is 0 Å². The molecule has 9 heteroatoms. The van der Waals surface area contributed by atoms with E-state index in [0.29, 0.717) is 54.8 Å². The molecule has 0 atom stereocenters. The van der Waals surface area contributed by atoms with Crippen LogP contribution in [0.2, 0.25) is 0 Å². The normalized spacial score (nSPS) is 14.0. The van der Waals surface area contributed by atoms with Gasteiger partial charge >= 0.3 is 6.03 Å². The molecule has 42 heavy (non-hydrogen) atoms. The fourth-order valence-electron chi connectivity index (χ4n) is 4.48. The number of barbiturate groups is 1. The van der Waals surface area contributed by atoms with Gasteiger partial charge in [0.05, 0.1) is 26.0 Å². The number of benzene rings is 3. The number of aryl methyl sites for hydroxylation is 1. The van der Waals surface area contributed by atoms with Crippen LogP contribution in [0, 0.1) is 6.92 Å². The topological polar surface area (TPSA) is 103 Å². The number of allylic oxidation sites excluding steroid dienone is 1. The van der Waals surface area contributed by atoms with Gasteiger partial charge < -0.3 is 18.9 Å². The van der Waals surface area contributed by atoms with Crippen molar-refractivity contribution in [3.63, 3.8) is 0 Å².